The third kappa shape index (κ3) is 4.73. The SMILES string of the molecule is CCOCCOc1cccc(N2CCCNCC2)c1. The molecule has 1 fully saturated rings. The molecule has 1 aromatic rings. The lowest BCUT2D eigenvalue weighted by molar-refractivity contribution is 0.110. The molecule has 106 valence electrons. The fraction of sp³-hybridized carbons (Fsp3) is 0.600. The third-order valence-electron chi connectivity index (χ3n) is 3.22. The van der Waals surface area contributed by atoms with Crippen LogP contribution in [0.4, 0.5) is 5.69 Å². The molecule has 0 spiro atoms. The predicted octanol–water partition coefficient (Wildman–Crippen LogP) is 1.90. The van der Waals surface area contributed by atoms with E-state index in [0.29, 0.717) is 13.2 Å². The maximum atomic E-state index is 5.70. The molecule has 4 heteroatoms. The van der Waals surface area contributed by atoms with Gasteiger partial charge in [0.15, 0.2) is 0 Å². The monoisotopic (exact) mass is 264 g/mol. The summed E-state index contributed by atoms with van der Waals surface area (Å²) in [6.45, 7) is 8.32. The Hall–Kier alpha value is -1.26. The van der Waals surface area contributed by atoms with Gasteiger partial charge in [-0.05, 0) is 32.0 Å². The Morgan fingerprint density at radius 1 is 1.21 bits per heavy atom. The lowest BCUT2D eigenvalue weighted by atomic mass is 10.2. The van der Waals surface area contributed by atoms with E-state index in [1.54, 1.807) is 0 Å². The molecule has 1 aliphatic rings. The molecule has 1 N–H and O–H groups in total. The van der Waals surface area contributed by atoms with Gasteiger partial charge in [0.1, 0.15) is 12.4 Å². The molecule has 1 heterocycles. The molecule has 0 bridgehead atoms. The Morgan fingerprint density at radius 3 is 3.05 bits per heavy atom. The Bertz CT molecular complexity index is 363. The zero-order valence-corrected chi connectivity index (χ0v) is 11.7. The molecule has 2 rings (SSSR count). The molecular weight excluding hydrogens is 240 g/mol. The maximum Gasteiger partial charge on any atom is 0.121 e. The highest BCUT2D eigenvalue weighted by atomic mass is 16.5. The fourth-order valence-electron chi connectivity index (χ4n) is 2.24. The van der Waals surface area contributed by atoms with Crippen LogP contribution in [0.2, 0.25) is 0 Å². The van der Waals surface area contributed by atoms with E-state index < -0.39 is 0 Å². The topological polar surface area (TPSA) is 33.7 Å². The van der Waals surface area contributed by atoms with Gasteiger partial charge in [-0.3, -0.25) is 0 Å². The van der Waals surface area contributed by atoms with E-state index in [1.807, 2.05) is 13.0 Å². The summed E-state index contributed by atoms with van der Waals surface area (Å²) in [5.41, 5.74) is 1.25. The Balaban J connectivity index is 1.90. The van der Waals surface area contributed by atoms with E-state index in [0.717, 1.165) is 38.5 Å². The summed E-state index contributed by atoms with van der Waals surface area (Å²) in [5.74, 6) is 0.925. The smallest absolute Gasteiger partial charge is 0.121 e. The summed E-state index contributed by atoms with van der Waals surface area (Å²) in [6.07, 6.45) is 1.19. The molecule has 0 amide bonds. The second-order valence-corrected chi connectivity index (χ2v) is 4.63. The van der Waals surface area contributed by atoms with E-state index in [9.17, 15) is 0 Å². The molecule has 1 aliphatic heterocycles. The molecule has 1 saturated heterocycles. The molecular formula is C15H24N2O2. The summed E-state index contributed by atoms with van der Waals surface area (Å²) < 4.78 is 11.0. The number of anilines is 1. The van der Waals surface area contributed by atoms with E-state index in [1.165, 1.54) is 12.1 Å². The van der Waals surface area contributed by atoms with Crippen molar-refractivity contribution in [2.45, 2.75) is 13.3 Å². The molecule has 0 saturated carbocycles. The van der Waals surface area contributed by atoms with Crippen molar-refractivity contribution in [1.29, 1.82) is 0 Å². The van der Waals surface area contributed by atoms with Gasteiger partial charge in [0.25, 0.3) is 0 Å². The van der Waals surface area contributed by atoms with Gasteiger partial charge in [-0.2, -0.15) is 0 Å². The van der Waals surface area contributed by atoms with Crippen molar-refractivity contribution < 1.29 is 9.47 Å². The van der Waals surface area contributed by atoms with Crippen molar-refractivity contribution in [2.75, 3.05) is 50.9 Å². The molecule has 0 atom stereocenters. The summed E-state index contributed by atoms with van der Waals surface area (Å²) >= 11 is 0. The molecule has 19 heavy (non-hydrogen) atoms. The number of hydrogen-bond donors (Lipinski definition) is 1. The van der Waals surface area contributed by atoms with Crippen molar-refractivity contribution in [3.8, 4) is 5.75 Å². The molecule has 0 aliphatic carbocycles. The maximum absolute atomic E-state index is 5.70. The fourth-order valence-corrected chi connectivity index (χ4v) is 2.24. The number of nitrogens with one attached hydrogen (secondary N) is 1. The first-order valence-corrected chi connectivity index (χ1v) is 7.16. The number of nitrogens with zero attached hydrogens (tertiary/aromatic N) is 1. The van der Waals surface area contributed by atoms with Gasteiger partial charge in [0.05, 0.1) is 6.61 Å². The van der Waals surface area contributed by atoms with Crippen LogP contribution in [0.5, 0.6) is 5.75 Å². The van der Waals surface area contributed by atoms with E-state index in [-0.39, 0.29) is 0 Å². The molecule has 4 nitrogen and oxygen atoms in total. The summed E-state index contributed by atoms with van der Waals surface area (Å²) in [5, 5.41) is 3.42. The number of hydrogen-bond acceptors (Lipinski definition) is 4. The van der Waals surface area contributed by atoms with Crippen molar-refractivity contribution in [3.05, 3.63) is 24.3 Å². The zero-order chi connectivity index (χ0) is 13.3. The van der Waals surface area contributed by atoms with Crippen LogP contribution in [-0.2, 0) is 4.74 Å². The molecule has 0 radical (unpaired) electrons. The van der Waals surface area contributed by atoms with Gasteiger partial charge in [0, 0.05) is 38.0 Å². The first-order valence-electron chi connectivity index (χ1n) is 7.16. The zero-order valence-electron chi connectivity index (χ0n) is 11.7. The van der Waals surface area contributed by atoms with Crippen LogP contribution in [0.15, 0.2) is 24.3 Å². The highest BCUT2D eigenvalue weighted by molar-refractivity contribution is 5.50. The minimum atomic E-state index is 0.610. The van der Waals surface area contributed by atoms with E-state index in [4.69, 9.17) is 9.47 Å². The van der Waals surface area contributed by atoms with Gasteiger partial charge < -0.3 is 19.7 Å². The van der Waals surface area contributed by atoms with Crippen molar-refractivity contribution in [3.63, 3.8) is 0 Å². The summed E-state index contributed by atoms with van der Waals surface area (Å²) in [7, 11) is 0. The van der Waals surface area contributed by atoms with Gasteiger partial charge in [-0.25, -0.2) is 0 Å². The Kier molecular flexibility index (Phi) is 5.98. The summed E-state index contributed by atoms with van der Waals surface area (Å²) in [4.78, 5) is 2.41. The van der Waals surface area contributed by atoms with Crippen molar-refractivity contribution in [1.82, 2.24) is 5.32 Å². The van der Waals surface area contributed by atoms with Crippen LogP contribution in [0.25, 0.3) is 0 Å². The molecule has 0 unspecified atom stereocenters. The first-order chi connectivity index (χ1) is 9.40. The minimum absolute atomic E-state index is 0.610. The highest BCUT2D eigenvalue weighted by Crippen LogP contribution is 2.21. The van der Waals surface area contributed by atoms with Gasteiger partial charge in [0.2, 0.25) is 0 Å². The largest absolute Gasteiger partial charge is 0.491 e. The number of rotatable bonds is 6. The highest BCUT2D eigenvalue weighted by Gasteiger charge is 2.09. The predicted molar refractivity (Wildman–Crippen MR) is 78.1 cm³/mol. The van der Waals surface area contributed by atoms with Crippen LogP contribution >= 0.6 is 0 Å². The van der Waals surface area contributed by atoms with Crippen molar-refractivity contribution >= 4 is 5.69 Å². The number of ether oxygens (including phenoxy) is 2. The van der Waals surface area contributed by atoms with Crippen LogP contribution in [-0.4, -0.2) is 46.0 Å². The normalized spacial score (nSPS) is 16.2. The quantitative estimate of drug-likeness (QED) is 0.796. The van der Waals surface area contributed by atoms with Crippen LogP contribution < -0.4 is 15.0 Å². The van der Waals surface area contributed by atoms with Gasteiger partial charge in [-0.15, -0.1) is 0 Å². The summed E-state index contributed by atoms with van der Waals surface area (Å²) in [6, 6.07) is 8.34. The molecule has 1 aromatic carbocycles. The third-order valence-corrected chi connectivity index (χ3v) is 3.22. The number of benzene rings is 1. The second kappa shape index (κ2) is 8.02. The standard InChI is InChI=1S/C15H24N2O2/c1-2-18-11-12-19-15-6-3-5-14(13-15)17-9-4-7-16-8-10-17/h3,5-6,13,16H,2,4,7-12H2,1H3. The minimum Gasteiger partial charge on any atom is -0.491 e. The second-order valence-electron chi connectivity index (χ2n) is 4.63. The Labute approximate surface area is 115 Å². The lowest BCUT2D eigenvalue weighted by Gasteiger charge is -2.22. The lowest BCUT2D eigenvalue weighted by Crippen LogP contribution is -2.27. The first kappa shape index (κ1) is 14.2. The average Bonchev–Trinajstić information content (AvgIpc) is 2.73. The Morgan fingerprint density at radius 2 is 2.16 bits per heavy atom. The van der Waals surface area contributed by atoms with Crippen LogP contribution in [0.1, 0.15) is 13.3 Å². The average molecular weight is 264 g/mol. The van der Waals surface area contributed by atoms with Crippen LogP contribution in [0, 0.1) is 0 Å². The van der Waals surface area contributed by atoms with Crippen LogP contribution in [0.3, 0.4) is 0 Å². The van der Waals surface area contributed by atoms with E-state index in [2.05, 4.69) is 28.4 Å². The van der Waals surface area contributed by atoms with Gasteiger partial charge >= 0.3 is 0 Å². The van der Waals surface area contributed by atoms with Crippen molar-refractivity contribution in [2.24, 2.45) is 0 Å². The molecule has 0 aromatic heterocycles. The van der Waals surface area contributed by atoms with Gasteiger partial charge in [-0.1, -0.05) is 6.07 Å². The van der Waals surface area contributed by atoms with E-state index >= 15 is 0 Å².